The van der Waals surface area contributed by atoms with E-state index in [4.69, 9.17) is 11.5 Å². The van der Waals surface area contributed by atoms with Crippen molar-refractivity contribution in [1.29, 1.82) is 0 Å². The summed E-state index contributed by atoms with van der Waals surface area (Å²) in [6.07, 6.45) is 4.49. The van der Waals surface area contributed by atoms with Gasteiger partial charge >= 0.3 is 0 Å². The molecular formula is C39H59N7O5. The third-order valence-electron chi connectivity index (χ3n) is 10.1. The summed E-state index contributed by atoms with van der Waals surface area (Å²) in [7, 11) is 0. The SMILES string of the molecule is CC(C)CC(NC(=O)[C@@H](Cc1ccccc1)NC(=O)[C@H](N)Cc1ccccc1)C(=O)N[C@H](CCCCN)C(=O)N1CCC2(CC1)CN(CCO)C2. The van der Waals surface area contributed by atoms with Crippen LogP contribution in [0.2, 0.25) is 0 Å². The topological polar surface area (TPSA) is 183 Å². The van der Waals surface area contributed by atoms with Crippen LogP contribution in [0.1, 0.15) is 63.5 Å². The lowest BCUT2D eigenvalue weighted by atomic mass is 9.72. The van der Waals surface area contributed by atoms with Crippen molar-refractivity contribution in [2.75, 3.05) is 45.9 Å². The molecule has 4 atom stereocenters. The van der Waals surface area contributed by atoms with E-state index < -0.39 is 41.9 Å². The van der Waals surface area contributed by atoms with Crippen LogP contribution in [0.3, 0.4) is 0 Å². The first-order valence-electron chi connectivity index (χ1n) is 18.6. The molecule has 2 aromatic rings. The van der Waals surface area contributed by atoms with Gasteiger partial charge in [-0.15, -0.1) is 0 Å². The second kappa shape index (κ2) is 19.7. The maximum Gasteiger partial charge on any atom is 0.245 e. The molecule has 51 heavy (non-hydrogen) atoms. The van der Waals surface area contributed by atoms with E-state index in [-0.39, 0.29) is 30.3 Å². The second-order valence-corrected chi connectivity index (χ2v) is 14.8. The molecule has 0 bridgehead atoms. The summed E-state index contributed by atoms with van der Waals surface area (Å²) in [5.74, 6) is -1.45. The van der Waals surface area contributed by atoms with E-state index in [1.807, 2.05) is 79.4 Å². The van der Waals surface area contributed by atoms with Gasteiger partial charge in [-0.05, 0) is 74.0 Å². The van der Waals surface area contributed by atoms with Gasteiger partial charge in [-0.25, -0.2) is 0 Å². The van der Waals surface area contributed by atoms with Crippen LogP contribution >= 0.6 is 0 Å². The number of nitrogens with zero attached hydrogens (tertiary/aromatic N) is 2. The van der Waals surface area contributed by atoms with Crippen LogP contribution in [0.4, 0.5) is 0 Å². The number of carbonyl (C=O) groups excluding carboxylic acids is 4. The van der Waals surface area contributed by atoms with Crippen LogP contribution < -0.4 is 27.4 Å². The van der Waals surface area contributed by atoms with Crippen molar-refractivity contribution in [2.24, 2.45) is 22.8 Å². The second-order valence-electron chi connectivity index (χ2n) is 14.8. The Bertz CT molecular complexity index is 1390. The molecule has 0 saturated carbocycles. The van der Waals surface area contributed by atoms with Crippen LogP contribution in [-0.2, 0) is 32.0 Å². The lowest BCUT2D eigenvalue weighted by Crippen LogP contribution is -2.62. The molecular weight excluding hydrogens is 646 g/mol. The molecule has 12 nitrogen and oxygen atoms in total. The third kappa shape index (κ3) is 12.1. The van der Waals surface area contributed by atoms with Gasteiger partial charge in [0.2, 0.25) is 23.6 Å². The molecule has 2 fully saturated rings. The zero-order valence-electron chi connectivity index (χ0n) is 30.4. The fourth-order valence-corrected chi connectivity index (χ4v) is 7.24. The number of piperidine rings is 1. The third-order valence-corrected chi connectivity index (χ3v) is 10.1. The minimum absolute atomic E-state index is 0.0556. The zero-order chi connectivity index (χ0) is 36.8. The van der Waals surface area contributed by atoms with Gasteiger partial charge in [0, 0.05) is 39.1 Å². The quantitative estimate of drug-likeness (QED) is 0.118. The summed E-state index contributed by atoms with van der Waals surface area (Å²) in [6.45, 7) is 8.36. The lowest BCUT2D eigenvalue weighted by Gasteiger charge is -2.54. The van der Waals surface area contributed by atoms with E-state index in [2.05, 4.69) is 20.9 Å². The molecule has 280 valence electrons. The Morgan fingerprint density at radius 2 is 1.33 bits per heavy atom. The summed E-state index contributed by atoms with van der Waals surface area (Å²) in [6, 6.07) is 15.3. The number of nitrogens with two attached hydrogens (primary N) is 2. The first-order valence-corrected chi connectivity index (χ1v) is 18.6. The number of amides is 4. The summed E-state index contributed by atoms with van der Waals surface area (Å²) < 4.78 is 0. The predicted octanol–water partition coefficient (Wildman–Crippen LogP) is 1.35. The maximum absolute atomic E-state index is 14.0. The van der Waals surface area contributed by atoms with Gasteiger partial charge in [0.1, 0.15) is 18.1 Å². The molecule has 2 aliphatic heterocycles. The van der Waals surface area contributed by atoms with Crippen molar-refractivity contribution in [1.82, 2.24) is 25.8 Å². The predicted molar refractivity (Wildman–Crippen MR) is 198 cm³/mol. The highest BCUT2D eigenvalue weighted by Crippen LogP contribution is 2.40. The van der Waals surface area contributed by atoms with E-state index in [0.717, 1.165) is 43.5 Å². The molecule has 1 spiro atoms. The van der Waals surface area contributed by atoms with Crippen molar-refractivity contribution in [2.45, 2.75) is 89.4 Å². The van der Waals surface area contributed by atoms with Gasteiger partial charge in [-0.2, -0.15) is 0 Å². The molecule has 2 aliphatic rings. The molecule has 0 aromatic heterocycles. The number of rotatable bonds is 19. The molecule has 0 radical (unpaired) electrons. The molecule has 2 saturated heterocycles. The molecule has 2 heterocycles. The smallest absolute Gasteiger partial charge is 0.245 e. The normalized spacial score (nSPS) is 18.0. The van der Waals surface area contributed by atoms with Crippen molar-refractivity contribution < 1.29 is 24.3 Å². The minimum atomic E-state index is -0.980. The monoisotopic (exact) mass is 705 g/mol. The Labute approximate surface area is 303 Å². The zero-order valence-corrected chi connectivity index (χ0v) is 30.4. The van der Waals surface area contributed by atoms with E-state index >= 15 is 0 Å². The highest BCUT2D eigenvalue weighted by molar-refractivity contribution is 5.95. The number of benzene rings is 2. The Morgan fingerprint density at radius 3 is 1.90 bits per heavy atom. The largest absolute Gasteiger partial charge is 0.395 e. The van der Waals surface area contributed by atoms with Crippen LogP contribution in [-0.4, -0.2) is 109 Å². The Morgan fingerprint density at radius 1 is 0.784 bits per heavy atom. The number of carbonyl (C=O) groups is 4. The van der Waals surface area contributed by atoms with Gasteiger partial charge in [-0.1, -0.05) is 74.5 Å². The molecule has 0 aliphatic carbocycles. The lowest BCUT2D eigenvalue weighted by molar-refractivity contribution is -0.141. The van der Waals surface area contributed by atoms with E-state index in [9.17, 15) is 24.3 Å². The van der Waals surface area contributed by atoms with Gasteiger partial charge in [0.15, 0.2) is 0 Å². The fraction of sp³-hybridized carbons (Fsp3) is 0.590. The van der Waals surface area contributed by atoms with Gasteiger partial charge in [0.05, 0.1) is 12.6 Å². The van der Waals surface area contributed by atoms with Crippen LogP contribution in [0.5, 0.6) is 0 Å². The number of likely N-dealkylation sites (tertiary alicyclic amines) is 2. The van der Waals surface area contributed by atoms with Crippen molar-refractivity contribution >= 4 is 23.6 Å². The van der Waals surface area contributed by atoms with Gasteiger partial charge in [0.25, 0.3) is 0 Å². The Kier molecular flexibility index (Phi) is 15.4. The number of aliphatic hydroxyl groups is 1. The van der Waals surface area contributed by atoms with Crippen LogP contribution in [0.25, 0.3) is 0 Å². The van der Waals surface area contributed by atoms with Gasteiger partial charge < -0.3 is 37.4 Å². The average Bonchev–Trinajstić information content (AvgIpc) is 3.10. The Balaban J connectivity index is 1.44. The first kappa shape index (κ1) is 39.9. The molecule has 4 amide bonds. The van der Waals surface area contributed by atoms with Crippen LogP contribution in [0.15, 0.2) is 60.7 Å². The summed E-state index contributed by atoms with van der Waals surface area (Å²) >= 11 is 0. The molecule has 4 rings (SSSR count). The highest BCUT2D eigenvalue weighted by Gasteiger charge is 2.45. The van der Waals surface area contributed by atoms with Crippen molar-refractivity contribution in [3.05, 3.63) is 71.8 Å². The molecule has 12 heteroatoms. The standard InChI is InChI=1S/C39H59N7O5/c1-28(2)23-33(36(49)42-32(15-9-10-18-40)38(51)46-19-16-39(17-20-46)26-45(27-39)21-22-47)44-37(50)34(25-30-13-7-4-8-14-30)43-35(48)31(41)24-29-11-5-3-6-12-29/h3-8,11-14,28,31-34,47H,9-10,15-27,40-41H2,1-2H3,(H,42,49)(H,43,48)(H,44,50)/t31-,32-,33?,34-/m1/s1. The number of unbranched alkanes of at least 4 members (excludes halogenated alkanes) is 1. The van der Waals surface area contributed by atoms with Crippen molar-refractivity contribution in [3.8, 4) is 0 Å². The molecule has 2 aromatic carbocycles. The van der Waals surface area contributed by atoms with Gasteiger partial charge in [-0.3, -0.25) is 24.1 Å². The summed E-state index contributed by atoms with van der Waals surface area (Å²) in [5.41, 5.74) is 14.0. The fourth-order valence-electron chi connectivity index (χ4n) is 7.24. The van der Waals surface area contributed by atoms with Crippen molar-refractivity contribution in [3.63, 3.8) is 0 Å². The summed E-state index contributed by atoms with van der Waals surface area (Å²) in [5, 5.41) is 18.0. The minimum Gasteiger partial charge on any atom is -0.395 e. The first-order chi connectivity index (χ1) is 24.5. The number of hydrogen-bond donors (Lipinski definition) is 6. The number of nitrogens with one attached hydrogen (secondary N) is 3. The molecule has 8 N–H and O–H groups in total. The van der Waals surface area contributed by atoms with E-state index in [0.29, 0.717) is 51.9 Å². The van der Waals surface area contributed by atoms with Crippen LogP contribution in [0, 0.1) is 11.3 Å². The Hall–Kier alpha value is -3.84. The summed E-state index contributed by atoms with van der Waals surface area (Å²) in [4.78, 5) is 59.2. The number of β-amino-alcohol motifs (C(OH)–C–C–N with tert-alkyl or cyclic N) is 1. The molecule has 1 unspecified atom stereocenters. The maximum atomic E-state index is 14.0. The number of aliphatic hydroxyl groups excluding tert-OH is 1. The van der Waals surface area contributed by atoms with E-state index in [1.54, 1.807) is 0 Å². The highest BCUT2D eigenvalue weighted by atomic mass is 16.3. The average molecular weight is 706 g/mol. The number of hydrogen-bond acceptors (Lipinski definition) is 8. The van der Waals surface area contributed by atoms with E-state index in [1.165, 1.54) is 0 Å².